The van der Waals surface area contributed by atoms with Gasteiger partial charge in [-0.2, -0.15) is 5.10 Å². The summed E-state index contributed by atoms with van der Waals surface area (Å²) in [6, 6.07) is 8.23. The zero-order valence-corrected chi connectivity index (χ0v) is 15.1. The van der Waals surface area contributed by atoms with Gasteiger partial charge in [0, 0.05) is 6.07 Å². The molecular weight excluding hydrogens is 388 g/mol. The number of nitrogens with one attached hydrogen (secondary N) is 1. The lowest BCUT2D eigenvalue weighted by atomic mass is 10.1. The third-order valence-electron chi connectivity index (χ3n) is 3.41. The van der Waals surface area contributed by atoms with Crippen LogP contribution in [0, 0.1) is 20.2 Å². The van der Waals surface area contributed by atoms with Gasteiger partial charge in [-0.3, -0.25) is 25.0 Å². The SMILES string of the molecule is CCOc1ccccc1OCC(=O)NN=Cc1cc([N+](=O)[O-])cc([N+](=O)[O-])c1O. The molecular formula is C17H16N4O8. The zero-order chi connectivity index (χ0) is 21.4. The second kappa shape index (κ2) is 9.64. The molecule has 12 nitrogen and oxygen atoms in total. The van der Waals surface area contributed by atoms with Gasteiger partial charge >= 0.3 is 5.69 Å². The van der Waals surface area contributed by atoms with E-state index in [4.69, 9.17) is 9.47 Å². The fourth-order valence-electron chi connectivity index (χ4n) is 2.16. The van der Waals surface area contributed by atoms with Gasteiger partial charge in [-0.15, -0.1) is 0 Å². The number of carbonyl (C=O) groups excluding carboxylic acids is 1. The second-order valence-corrected chi connectivity index (χ2v) is 5.38. The van der Waals surface area contributed by atoms with Crippen molar-refractivity contribution in [1.29, 1.82) is 0 Å². The summed E-state index contributed by atoms with van der Waals surface area (Å²) in [4.78, 5) is 31.8. The number of nitrogens with zero attached hydrogens (tertiary/aromatic N) is 3. The number of rotatable bonds is 9. The Balaban J connectivity index is 2.05. The number of carbonyl (C=O) groups is 1. The number of nitro benzene ring substituents is 2. The van der Waals surface area contributed by atoms with Gasteiger partial charge in [0.1, 0.15) is 0 Å². The van der Waals surface area contributed by atoms with Crippen LogP contribution < -0.4 is 14.9 Å². The average molecular weight is 404 g/mol. The first-order valence-electron chi connectivity index (χ1n) is 8.15. The Morgan fingerprint density at radius 3 is 2.41 bits per heavy atom. The van der Waals surface area contributed by atoms with E-state index in [0.717, 1.165) is 12.3 Å². The van der Waals surface area contributed by atoms with E-state index in [1.54, 1.807) is 31.2 Å². The van der Waals surface area contributed by atoms with Crippen LogP contribution in [0.4, 0.5) is 11.4 Å². The summed E-state index contributed by atoms with van der Waals surface area (Å²) in [5.41, 5.74) is 0.309. The van der Waals surface area contributed by atoms with Crippen LogP contribution in [0.1, 0.15) is 12.5 Å². The number of hydrogen-bond donors (Lipinski definition) is 2. The smallest absolute Gasteiger partial charge is 0.318 e. The van der Waals surface area contributed by atoms with Gasteiger partial charge in [0.2, 0.25) is 5.75 Å². The van der Waals surface area contributed by atoms with E-state index in [0.29, 0.717) is 24.2 Å². The standard InChI is InChI=1S/C17H16N4O8/c1-2-28-14-5-3-4-6-15(14)29-10-16(22)19-18-9-11-7-12(20(24)25)8-13(17(11)23)21(26)27/h3-9,23H,2,10H2,1H3,(H,19,22). The Hall–Kier alpha value is -4.22. The van der Waals surface area contributed by atoms with Crippen molar-refractivity contribution < 1.29 is 29.2 Å². The van der Waals surface area contributed by atoms with Crippen molar-refractivity contribution in [3.05, 3.63) is 62.2 Å². The summed E-state index contributed by atoms with van der Waals surface area (Å²) < 4.78 is 10.7. The minimum absolute atomic E-state index is 0.311. The van der Waals surface area contributed by atoms with Crippen LogP contribution in [0.15, 0.2) is 41.5 Å². The number of phenols is 1. The molecule has 0 aliphatic heterocycles. The van der Waals surface area contributed by atoms with Crippen LogP contribution in [-0.2, 0) is 4.79 Å². The molecule has 0 aliphatic carbocycles. The minimum atomic E-state index is -0.970. The first kappa shape index (κ1) is 21.1. The Kier molecular flexibility index (Phi) is 7.01. The van der Waals surface area contributed by atoms with E-state index in [2.05, 4.69) is 10.5 Å². The summed E-state index contributed by atoms with van der Waals surface area (Å²) in [6.07, 6.45) is 0.849. The van der Waals surface area contributed by atoms with Gasteiger partial charge < -0.3 is 14.6 Å². The predicted octanol–water partition coefficient (Wildman–Crippen LogP) is 2.14. The van der Waals surface area contributed by atoms with Gasteiger partial charge in [-0.1, -0.05) is 12.1 Å². The van der Waals surface area contributed by atoms with E-state index in [1.807, 2.05) is 0 Å². The van der Waals surface area contributed by atoms with Crippen molar-refractivity contribution in [3.8, 4) is 17.2 Å². The van der Waals surface area contributed by atoms with E-state index < -0.39 is 39.5 Å². The molecule has 2 N–H and O–H groups in total. The van der Waals surface area contributed by atoms with Crippen molar-refractivity contribution in [3.63, 3.8) is 0 Å². The van der Waals surface area contributed by atoms with E-state index >= 15 is 0 Å². The molecule has 0 aromatic heterocycles. The molecule has 2 rings (SSSR count). The molecule has 0 aliphatic rings. The highest BCUT2D eigenvalue weighted by molar-refractivity contribution is 5.88. The fourth-order valence-corrected chi connectivity index (χ4v) is 2.16. The lowest BCUT2D eigenvalue weighted by molar-refractivity contribution is -0.394. The number of aromatic hydroxyl groups is 1. The molecule has 0 bridgehead atoms. The third kappa shape index (κ3) is 5.63. The quantitative estimate of drug-likeness (QED) is 0.364. The molecule has 152 valence electrons. The van der Waals surface area contributed by atoms with E-state index in [-0.39, 0.29) is 5.56 Å². The summed E-state index contributed by atoms with van der Waals surface area (Å²) in [7, 11) is 0. The number of hydrazone groups is 1. The maximum atomic E-state index is 11.8. The van der Waals surface area contributed by atoms with E-state index in [9.17, 15) is 30.1 Å². The summed E-state index contributed by atoms with van der Waals surface area (Å²) in [5, 5.41) is 35.2. The highest BCUT2D eigenvalue weighted by Crippen LogP contribution is 2.33. The fraction of sp³-hybridized carbons (Fsp3) is 0.176. The van der Waals surface area contributed by atoms with Crippen molar-refractivity contribution in [2.45, 2.75) is 6.92 Å². The second-order valence-electron chi connectivity index (χ2n) is 5.38. The molecule has 1 amide bonds. The maximum absolute atomic E-state index is 11.8. The largest absolute Gasteiger partial charge is 0.502 e. The molecule has 0 unspecified atom stereocenters. The lowest BCUT2D eigenvalue weighted by Gasteiger charge is -2.10. The number of phenolic OH excluding ortho intramolecular Hbond substituents is 1. The molecule has 2 aromatic rings. The topological polar surface area (TPSA) is 166 Å². The van der Waals surface area contributed by atoms with Gasteiger partial charge in [0.25, 0.3) is 11.6 Å². The normalized spacial score (nSPS) is 10.5. The van der Waals surface area contributed by atoms with Crippen LogP contribution in [0.5, 0.6) is 17.2 Å². The molecule has 0 saturated carbocycles. The van der Waals surface area contributed by atoms with Crippen molar-refractivity contribution in [1.82, 2.24) is 5.43 Å². The summed E-state index contributed by atoms with van der Waals surface area (Å²) >= 11 is 0. The zero-order valence-electron chi connectivity index (χ0n) is 15.1. The van der Waals surface area contributed by atoms with Gasteiger partial charge in [-0.05, 0) is 19.1 Å². The summed E-state index contributed by atoms with van der Waals surface area (Å²) in [6.45, 7) is 1.80. The molecule has 12 heteroatoms. The Morgan fingerprint density at radius 1 is 1.17 bits per heavy atom. The van der Waals surface area contributed by atoms with E-state index in [1.165, 1.54) is 0 Å². The molecule has 29 heavy (non-hydrogen) atoms. The van der Waals surface area contributed by atoms with Crippen molar-refractivity contribution in [2.24, 2.45) is 5.10 Å². The maximum Gasteiger partial charge on any atom is 0.318 e. The molecule has 0 heterocycles. The number of amides is 1. The number of ether oxygens (including phenoxy) is 2. The average Bonchev–Trinajstić information content (AvgIpc) is 2.68. The van der Waals surface area contributed by atoms with Gasteiger partial charge in [-0.25, -0.2) is 5.43 Å². The number of nitro groups is 2. The highest BCUT2D eigenvalue weighted by atomic mass is 16.6. The number of hydrogen-bond acceptors (Lipinski definition) is 9. The Bertz CT molecular complexity index is 960. The van der Waals surface area contributed by atoms with Crippen molar-refractivity contribution >= 4 is 23.5 Å². The van der Waals surface area contributed by atoms with Gasteiger partial charge in [0.15, 0.2) is 18.1 Å². The molecule has 0 fully saturated rings. The Labute approximate surface area is 163 Å². The van der Waals surface area contributed by atoms with Gasteiger partial charge in [0.05, 0.1) is 34.3 Å². The molecule has 0 saturated heterocycles. The summed E-state index contributed by atoms with van der Waals surface area (Å²) in [5.74, 6) is -0.687. The number of benzene rings is 2. The van der Waals surface area contributed by atoms with Crippen LogP contribution in [0.25, 0.3) is 0 Å². The van der Waals surface area contributed by atoms with Crippen LogP contribution >= 0.6 is 0 Å². The van der Waals surface area contributed by atoms with Crippen LogP contribution in [0.3, 0.4) is 0 Å². The number of non-ortho nitro benzene ring substituents is 1. The first-order valence-corrected chi connectivity index (χ1v) is 8.15. The third-order valence-corrected chi connectivity index (χ3v) is 3.41. The molecule has 0 atom stereocenters. The van der Waals surface area contributed by atoms with Crippen molar-refractivity contribution in [2.75, 3.05) is 13.2 Å². The van der Waals surface area contributed by atoms with Crippen LogP contribution in [-0.4, -0.2) is 40.3 Å². The minimum Gasteiger partial charge on any atom is -0.502 e. The first-order chi connectivity index (χ1) is 13.8. The lowest BCUT2D eigenvalue weighted by Crippen LogP contribution is -2.24. The highest BCUT2D eigenvalue weighted by Gasteiger charge is 2.23. The predicted molar refractivity (Wildman–Crippen MR) is 100 cm³/mol. The molecule has 0 radical (unpaired) electrons. The monoisotopic (exact) mass is 404 g/mol. The van der Waals surface area contributed by atoms with Crippen LogP contribution in [0.2, 0.25) is 0 Å². The molecule has 0 spiro atoms. The number of para-hydroxylation sites is 2. The Morgan fingerprint density at radius 2 is 1.83 bits per heavy atom. The molecule has 2 aromatic carbocycles.